The highest BCUT2D eigenvalue weighted by Gasteiger charge is 2.17. The first-order chi connectivity index (χ1) is 6.74. The van der Waals surface area contributed by atoms with Crippen LogP contribution in [-0.4, -0.2) is 43.4 Å². The molecule has 1 unspecified atom stereocenters. The van der Waals surface area contributed by atoms with E-state index in [2.05, 4.69) is 24.1 Å². The van der Waals surface area contributed by atoms with Crippen molar-refractivity contribution in [3.8, 4) is 0 Å². The molecule has 1 saturated heterocycles. The average Bonchev–Trinajstić information content (AvgIpc) is 2.19. The number of Topliss-reactive ketones (excluding diaryl/α,β-unsaturated/α-hetero) is 1. The summed E-state index contributed by atoms with van der Waals surface area (Å²) in [6.45, 7) is 9.37. The second kappa shape index (κ2) is 6.14. The Hall–Kier alpha value is -0.410. The van der Waals surface area contributed by atoms with Crippen molar-refractivity contribution in [2.45, 2.75) is 26.7 Å². The molecule has 3 heteroatoms. The Morgan fingerprint density at radius 2 is 2.07 bits per heavy atom. The first-order valence-electron chi connectivity index (χ1n) is 5.69. The highest BCUT2D eigenvalue weighted by Crippen LogP contribution is 2.06. The minimum absolute atomic E-state index is 0.216. The number of carbonyl (C=O) groups excluding carboxylic acids is 1. The summed E-state index contributed by atoms with van der Waals surface area (Å²) >= 11 is 0. The predicted molar refractivity (Wildman–Crippen MR) is 58.4 cm³/mol. The number of hydrogen-bond donors (Lipinski definition) is 1. The SMILES string of the molecule is CCCC(=O)C(C)CN1CCNCC1. The Morgan fingerprint density at radius 1 is 1.43 bits per heavy atom. The molecule has 0 aromatic heterocycles. The van der Waals surface area contributed by atoms with Gasteiger partial charge < -0.3 is 10.2 Å². The lowest BCUT2D eigenvalue weighted by Crippen LogP contribution is -2.45. The smallest absolute Gasteiger partial charge is 0.136 e. The molecule has 1 rings (SSSR count). The second-order valence-corrected chi connectivity index (χ2v) is 4.17. The number of carbonyl (C=O) groups is 1. The lowest BCUT2D eigenvalue weighted by Gasteiger charge is -2.29. The first kappa shape index (κ1) is 11.7. The zero-order valence-corrected chi connectivity index (χ0v) is 9.38. The van der Waals surface area contributed by atoms with E-state index in [1.54, 1.807) is 0 Å². The zero-order chi connectivity index (χ0) is 10.4. The van der Waals surface area contributed by atoms with Crippen LogP contribution in [0.15, 0.2) is 0 Å². The number of nitrogens with zero attached hydrogens (tertiary/aromatic N) is 1. The van der Waals surface area contributed by atoms with Gasteiger partial charge >= 0.3 is 0 Å². The molecule has 82 valence electrons. The topological polar surface area (TPSA) is 32.3 Å². The van der Waals surface area contributed by atoms with E-state index in [1.165, 1.54) is 0 Å². The van der Waals surface area contributed by atoms with Crippen LogP contribution in [0.25, 0.3) is 0 Å². The average molecular weight is 198 g/mol. The molecule has 0 spiro atoms. The molecule has 14 heavy (non-hydrogen) atoms. The van der Waals surface area contributed by atoms with Gasteiger partial charge in [0.15, 0.2) is 0 Å². The third-order valence-corrected chi connectivity index (χ3v) is 2.79. The maximum absolute atomic E-state index is 11.6. The Morgan fingerprint density at radius 3 is 2.64 bits per heavy atom. The van der Waals surface area contributed by atoms with Gasteiger partial charge in [-0.15, -0.1) is 0 Å². The van der Waals surface area contributed by atoms with E-state index in [0.717, 1.165) is 45.6 Å². The number of ketones is 1. The lowest BCUT2D eigenvalue weighted by atomic mass is 10.0. The van der Waals surface area contributed by atoms with Crippen LogP contribution in [0.2, 0.25) is 0 Å². The lowest BCUT2D eigenvalue weighted by molar-refractivity contribution is -0.123. The highest BCUT2D eigenvalue weighted by molar-refractivity contribution is 5.80. The molecule has 1 heterocycles. The molecule has 1 N–H and O–H groups in total. The number of nitrogens with one attached hydrogen (secondary N) is 1. The van der Waals surface area contributed by atoms with Crippen LogP contribution >= 0.6 is 0 Å². The van der Waals surface area contributed by atoms with Crippen LogP contribution in [0, 0.1) is 5.92 Å². The third-order valence-electron chi connectivity index (χ3n) is 2.79. The molecule has 0 bridgehead atoms. The summed E-state index contributed by atoms with van der Waals surface area (Å²) in [5, 5.41) is 3.32. The summed E-state index contributed by atoms with van der Waals surface area (Å²) in [4.78, 5) is 14.0. The molecule has 3 nitrogen and oxygen atoms in total. The van der Waals surface area contributed by atoms with E-state index in [1.807, 2.05) is 0 Å². The van der Waals surface area contributed by atoms with Gasteiger partial charge in [0.1, 0.15) is 5.78 Å². The Kier molecular flexibility index (Phi) is 5.12. The van der Waals surface area contributed by atoms with Gasteiger partial charge in [-0.3, -0.25) is 4.79 Å². The largest absolute Gasteiger partial charge is 0.314 e. The van der Waals surface area contributed by atoms with Crippen molar-refractivity contribution in [2.24, 2.45) is 5.92 Å². The quantitative estimate of drug-likeness (QED) is 0.712. The summed E-state index contributed by atoms with van der Waals surface area (Å²) in [7, 11) is 0. The normalized spacial score (nSPS) is 20.7. The van der Waals surface area contributed by atoms with Crippen LogP contribution in [0.4, 0.5) is 0 Å². The standard InChI is InChI=1S/C11H22N2O/c1-3-4-11(14)10(2)9-13-7-5-12-6-8-13/h10,12H,3-9H2,1-2H3. The summed E-state index contributed by atoms with van der Waals surface area (Å²) in [5.41, 5.74) is 0. The van der Waals surface area contributed by atoms with E-state index in [9.17, 15) is 4.79 Å². The van der Waals surface area contributed by atoms with Gasteiger partial charge in [-0.2, -0.15) is 0 Å². The molecular weight excluding hydrogens is 176 g/mol. The van der Waals surface area contributed by atoms with Crippen molar-refractivity contribution in [1.82, 2.24) is 10.2 Å². The highest BCUT2D eigenvalue weighted by atomic mass is 16.1. The molecule has 1 aliphatic rings. The van der Waals surface area contributed by atoms with Gasteiger partial charge in [0.2, 0.25) is 0 Å². The molecule has 1 atom stereocenters. The molecule has 1 aliphatic heterocycles. The summed E-state index contributed by atoms with van der Waals surface area (Å²) in [6, 6.07) is 0. The fourth-order valence-corrected chi connectivity index (χ4v) is 1.88. The van der Waals surface area contributed by atoms with Crippen LogP contribution < -0.4 is 5.32 Å². The van der Waals surface area contributed by atoms with E-state index in [0.29, 0.717) is 5.78 Å². The van der Waals surface area contributed by atoms with Crippen LogP contribution in [0.3, 0.4) is 0 Å². The molecule has 1 fully saturated rings. The number of hydrogen-bond acceptors (Lipinski definition) is 3. The van der Waals surface area contributed by atoms with Crippen LogP contribution in [-0.2, 0) is 4.79 Å². The van der Waals surface area contributed by atoms with Crippen molar-refractivity contribution in [3.63, 3.8) is 0 Å². The van der Waals surface area contributed by atoms with E-state index in [4.69, 9.17) is 0 Å². The minimum Gasteiger partial charge on any atom is -0.314 e. The maximum Gasteiger partial charge on any atom is 0.136 e. The Balaban J connectivity index is 2.24. The van der Waals surface area contributed by atoms with Crippen LogP contribution in [0.5, 0.6) is 0 Å². The molecule has 0 aromatic carbocycles. The predicted octanol–water partition coefficient (Wildman–Crippen LogP) is 0.897. The van der Waals surface area contributed by atoms with Crippen molar-refractivity contribution in [1.29, 1.82) is 0 Å². The molecule has 0 saturated carbocycles. The molecular formula is C11H22N2O. The van der Waals surface area contributed by atoms with E-state index >= 15 is 0 Å². The van der Waals surface area contributed by atoms with Crippen molar-refractivity contribution in [2.75, 3.05) is 32.7 Å². The summed E-state index contributed by atoms with van der Waals surface area (Å²) in [6.07, 6.45) is 1.72. The molecule has 0 aromatic rings. The second-order valence-electron chi connectivity index (χ2n) is 4.17. The Bertz CT molecular complexity index is 176. The summed E-state index contributed by atoms with van der Waals surface area (Å²) < 4.78 is 0. The minimum atomic E-state index is 0.216. The van der Waals surface area contributed by atoms with Crippen LogP contribution in [0.1, 0.15) is 26.7 Å². The number of rotatable bonds is 5. The van der Waals surface area contributed by atoms with Gasteiger partial charge in [0.25, 0.3) is 0 Å². The van der Waals surface area contributed by atoms with E-state index < -0.39 is 0 Å². The van der Waals surface area contributed by atoms with Gasteiger partial charge in [0, 0.05) is 45.1 Å². The van der Waals surface area contributed by atoms with Crippen molar-refractivity contribution in [3.05, 3.63) is 0 Å². The van der Waals surface area contributed by atoms with Crippen molar-refractivity contribution < 1.29 is 4.79 Å². The fourth-order valence-electron chi connectivity index (χ4n) is 1.88. The van der Waals surface area contributed by atoms with E-state index in [-0.39, 0.29) is 5.92 Å². The maximum atomic E-state index is 11.6. The molecule has 0 amide bonds. The third kappa shape index (κ3) is 3.76. The molecule has 0 aliphatic carbocycles. The van der Waals surface area contributed by atoms with Crippen molar-refractivity contribution >= 4 is 5.78 Å². The summed E-state index contributed by atoms with van der Waals surface area (Å²) in [5.74, 6) is 0.638. The van der Waals surface area contributed by atoms with Gasteiger partial charge in [-0.25, -0.2) is 0 Å². The van der Waals surface area contributed by atoms with Gasteiger partial charge in [0.05, 0.1) is 0 Å². The Labute approximate surface area is 86.9 Å². The molecule has 0 radical (unpaired) electrons. The zero-order valence-electron chi connectivity index (χ0n) is 9.38. The van der Waals surface area contributed by atoms with Gasteiger partial charge in [-0.1, -0.05) is 13.8 Å². The fraction of sp³-hybridized carbons (Fsp3) is 0.909. The number of piperazine rings is 1. The first-order valence-corrected chi connectivity index (χ1v) is 5.69. The van der Waals surface area contributed by atoms with Gasteiger partial charge in [-0.05, 0) is 6.42 Å². The monoisotopic (exact) mass is 198 g/mol.